The van der Waals surface area contributed by atoms with Crippen molar-refractivity contribution in [3.8, 4) is 11.5 Å². The van der Waals surface area contributed by atoms with E-state index in [4.69, 9.17) is 4.42 Å². The normalized spacial score (nSPS) is 12.2. The molecule has 1 atom stereocenters. The first-order valence-electron chi connectivity index (χ1n) is 8.47. The molecule has 3 aromatic heterocycles. The molecule has 1 amide bonds. The van der Waals surface area contributed by atoms with Crippen molar-refractivity contribution in [2.45, 2.75) is 19.5 Å². The number of benzene rings is 1. The number of nitrogens with zero attached hydrogens (tertiary/aromatic N) is 3. The fourth-order valence-corrected chi connectivity index (χ4v) is 2.78. The lowest BCUT2D eigenvalue weighted by Crippen LogP contribution is -2.36. The number of carbonyl (C=O) groups is 1. The number of carbonyl (C=O) groups excluding carboxylic acids is 1. The van der Waals surface area contributed by atoms with Gasteiger partial charge in [0, 0.05) is 6.07 Å². The Labute approximate surface area is 153 Å². The molecule has 0 saturated heterocycles. The van der Waals surface area contributed by atoms with Crippen LogP contribution < -0.4 is 10.9 Å². The van der Waals surface area contributed by atoms with Crippen LogP contribution in [0.15, 0.2) is 64.0 Å². The van der Waals surface area contributed by atoms with Gasteiger partial charge in [0.15, 0.2) is 5.76 Å². The lowest BCUT2D eigenvalue weighted by molar-refractivity contribution is -0.124. The number of amides is 1. The van der Waals surface area contributed by atoms with Gasteiger partial charge in [-0.05, 0) is 37.3 Å². The van der Waals surface area contributed by atoms with E-state index in [-0.39, 0.29) is 18.0 Å². The van der Waals surface area contributed by atoms with E-state index in [1.165, 1.54) is 12.3 Å². The Morgan fingerprint density at radius 3 is 2.85 bits per heavy atom. The summed E-state index contributed by atoms with van der Waals surface area (Å²) in [5.74, 6) is 0.835. The summed E-state index contributed by atoms with van der Waals surface area (Å²) in [6, 6.07) is 13.2. The van der Waals surface area contributed by atoms with Crippen LogP contribution in [-0.2, 0) is 11.3 Å². The van der Waals surface area contributed by atoms with Crippen molar-refractivity contribution in [1.82, 2.24) is 25.1 Å². The number of furan rings is 1. The minimum atomic E-state index is -0.781. The monoisotopic (exact) mass is 363 g/mol. The number of rotatable bonds is 5. The predicted molar refractivity (Wildman–Crippen MR) is 98.9 cm³/mol. The van der Waals surface area contributed by atoms with Gasteiger partial charge < -0.3 is 14.7 Å². The predicted octanol–water partition coefficient (Wildman–Crippen LogP) is 2.26. The molecule has 0 radical (unpaired) electrons. The molecule has 1 unspecified atom stereocenters. The summed E-state index contributed by atoms with van der Waals surface area (Å²) >= 11 is 0. The number of hydrogen-bond acceptors (Lipinski definition) is 5. The van der Waals surface area contributed by atoms with Crippen LogP contribution in [-0.4, -0.2) is 25.7 Å². The molecule has 0 spiro atoms. The molecule has 1 aromatic carbocycles. The molecule has 4 aromatic rings. The van der Waals surface area contributed by atoms with Gasteiger partial charge in [0.1, 0.15) is 17.6 Å². The summed E-state index contributed by atoms with van der Waals surface area (Å²) in [4.78, 5) is 32.2. The molecule has 8 nitrogen and oxygen atoms in total. The third kappa shape index (κ3) is 3.37. The Kier molecular flexibility index (Phi) is 4.29. The third-order valence-corrected chi connectivity index (χ3v) is 4.21. The Morgan fingerprint density at radius 2 is 2.07 bits per heavy atom. The summed E-state index contributed by atoms with van der Waals surface area (Å²) in [6.07, 6.45) is 1.52. The smallest absolute Gasteiger partial charge is 0.267 e. The summed E-state index contributed by atoms with van der Waals surface area (Å²) in [7, 11) is 0. The maximum atomic E-state index is 12.5. The zero-order valence-electron chi connectivity index (χ0n) is 14.5. The van der Waals surface area contributed by atoms with E-state index in [0.717, 1.165) is 15.7 Å². The van der Waals surface area contributed by atoms with E-state index in [1.54, 1.807) is 25.1 Å². The fraction of sp³-hybridized carbons (Fsp3) is 0.158. The highest BCUT2D eigenvalue weighted by molar-refractivity contribution is 5.80. The molecule has 0 bridgehead atoms. The van der Waals surface area contributed by atoms with Crippen LogP contribution in [0.1, 0.15) is 18.8 Å². The van der Waals surface area contributed by atoms with E-state index in [9.17, 15) is 9.59 Å². The maximum Gasteiger partial charge on any atom is 0.267 e. The number of aromatic nitrogens is 4. The van der Waals surface area contributed by atoms with Crippen LogP contribution in [0.4, 0.5) is 0 Å². The molecule has 0 aliphatic heterocycles. The number of para-hydroxylation sites is 2. The van der Waals surface area contributed by atoms with Crippen LogP contribution in [0, 0.1) is 0 Å². The summed E-state index contributed by atoms with van der Waals surface area (Å²) in [5.41, 5.74) is 1.85. The summed E-state index contributed by atoms with van der Waals surface area (Å²) < 4.78 is 6.44. The molecule has 136 valence electrons. The molecule has 2 N–H and O–H groups in total. The van der Waals surface area contributed by atoms with E-state index in [1.807, 2.05) is 24.3 Å². The van der Waals surface area contributed by atoms with E-state index >= 15 is 0 Å². The van der Waals surface area contributed by atoms with Crippen molar-refractivity contribution >= 4 is 16.9 Å². The Hall–Kier alpha value is -3.68. The molecule has 0 saturated carbocycles. The molecule has 0 aliphatic carbocycles. The Morgan fingerprint density at radius 1 is 1.22 bits per heavy atom. The molecule has 3 heterocycles. The number of imidazole rings is 1. The highest BCUT2D eigenvalue weighted by Gasteiger charge is 2.18. The van der Waals surface area contributed by atoms with Gasteiger partial charge in [0.25, 0.3) is 5.56 Å². The van der Waals surface area contributed by atoms with Gasteiger partial charge in [-0.1, -0.05) is 12.1 Å². The van der Waals surface area contributed by atoms with E-state index in [2.05, 4.69) is 20.4 Å². The van der Waals surface area contributed by atoms with E-state index in [0.29, 0.717) is 17.3 Å². The zero-order chi connectivity index (χ0) is 18.8. The van der Waals surface area contributed by atoms with Gasteiger partial charge in [-0.2, -0.15) is 5.10 Å². The van der Waals surface area contributed by atoms with Gasteiger partial charge in [-0.3, -0.25) is 9.59 Å². The quantitative estimate of drug-likeness (QED) is 0.566. The second-order valence-electron chi connectivity index (χ2n) is 6.07. The van der Waals surface area contributed by atoms with Gasteiger partial charge in [-0.25, -0.2) is 9.67 Å². The topological polar surface area (TPSA) is 106 Å². The molecule has 0 fully saturated rings. The van der Waals surface area contributed by atoms with Crippen molar-refractivity contribution < 1.29 is 9.21 Å². The van der Waals surface area contributed by atoms with Crippen molar-refractivity contribution in [3.05, 3.63) is 71.0 Å². The second-order valence-corrected chi connectivity index (χ2v) is 6.07. The molecule has 27 heavy (non-hydrogen) atoms. The standard InChI is InChI=1S/C19H17N5O3/c1-12(24-18(25)9-8-15(23-24)16-7-4-10-27-16)19(26)20-11-17-21-13-5-2-3-6-14(13)22-17/h2-10,12H,11H2,1H3,(H,20,26)(H,21,22). The van der Waals surface area contributed by atoms with Crippen LogP contribution in [0.25, 0.3) is 22.5 Å². The van der Waals surface area contributed by atoms with Crippen LogP contribution in [0.2, 0.25) is 0 Å². The minimum absolute atomic E-state index is 0.227. The van der Waals surface area contributed by atoms with E-state index < -0.39 is 6.04 Å². The third-order valence-electron chi connectivity index (χ3n) is 4.21. The number of H-pyrrole nitrogens is 1. The lowest BCUT2D eigenvalue weighted by atomic mass is 10.3. The van der Waals surface area contributed by atoms with Crippen molar-refractivity contribution in [3.63, 3.8) is 0 Å². The molecular formula is C19H17N5O3. The van der Waals surface area contributed by atoms with Gasteiger partial charge in [0.05, 0.1) is 23.8 Å². The number of fused-ring (bicyclic) bond motifs is 1. The highest BCUT2D eigenvalue weighted by atomic mass is 16.3. The van der Waals surface area contributed by atoms with Crippen molar-refractivity contribution in [2.75, 3.05) is 0 Å². The second kappa shape index (κ2) is 6.91. The lowest BCUT2D eigenvalue weighted by Gasteiger charge is -2.14. The molecular weight excluding hydrogens is 346 g/mol. The van der Waals surface area contributed by atoms with Gasteiger partial charge in [-0.15, -0.1) is 0 Å². The first-order chi connectivity index (χ1) is 13.1. The average molecular weight is 363 g/mol. The summed E-state index contributed by atoms with van der Waals surface area (Å²) in [6.45, 7) is 1.85. The average Bonchev–Trinajstić information content (AvgIpc) is 3.35. The maximum absolute atomic E-state index is 12.5. The number of aromatic amines is 1. The first-order valence-corrected chi connectivity index (χ1v) is 8.47. The number of nitrogens with one attached hydrogen (secondary N) is 2. The first kappa shape index (κ1) is 16.8. The largest absolute Gasteiger partial charge is 0.463 e. The van der Waals surface area contributed by atoms with Crippen LogP contribution >= 0.6 is 0 Å². The minimum Gasteiger partial charge on any atom is -0.463 e. The number of hydrogen-bond donors (Lipinski definition) is 2. The molecule has 8 heteroatoms. The van der Waals surface area contributed by atoms with Crippen LogP contribution in [0.3, 0.4) is 0 Å². The van der Waals surface area contributed by atoms with Gasteiger partial charge in [0.2, 0.25) is 5.91 Å². The van der Waals surface area contributed by atoms with Crippen LogP contribution in [0.5, 0.6) is 0 Å². The van der Waals surface area contributed by atoms with Crippen molar-refractivity contribution in [1.29, 1.82) is 0 Å². The Balaban J connectivity index is 1.50. The fourth-order valence-electron chi connectivity index (χ4n) is 2.78. The summed E-state index contributed by atoms with van der Waals surface area (Å²) in [5, 5.41) is 7.04. The zero-order valence-corrected chi connectivity index (χ0v) is 14.5. The molecule has 4 rings (SSSR count). The Bertz CT molecular complexity index is 1110. The molecule has 0 aliphatic rings. The van der Waals surface area contributed by atoms with Gasteiger partial charge >= 0.3 is 0 Å². The highest BCUT2D eigenvalue weighted by Crippen LogP contribution is 2.16. The SMILES string of the molecule is CC(C(=O)NCc1nc2ccccc2[nH]1)n1nc(-c2ccco2)ccc1=O. The van der Waals surface area contributed by atoms with Crippen molar-refractivity contribution in [2.24, 2.45) is 0 Å².